The van der Waals surface area contributed by atoms with E-state index in [1.165, 1.54) is 22.8 Å². The molecule has 0 saturated carbocycles. The van der Waals surface area contributed by atoms with E-state index in [0.717, 1.165) is 30.7 Å². The number of hydrazine groups is 1. The Hall–Kier alpha value is -2.62. The standard InChI is InChI=1S/C15H18FN5O3S/c1-2-3-8-21-14(24)19-20-15(21)25-9-12(22)17-18-13(23)10-6-4-5-7-11(10)16/h4-7H,2-3,8-9H2,1H3,(H,17,22)(H,18,23)(H,19,24). The molecule has 1 heterocycles. The number of hydrogen-bond donors (Lipinski definition) is 3. The lowest BCUT2D eigenvalue weighted by atomic mass is 10.2. The molecule has 0 atom stereocenters. The van der Waals surface area contributed by atoms with Gasteiger partial charge in [0.05, 0.1) is 11.3 Å². The van der Waals surface area contributed by atoms with Crippen LogP contribution in [0.5, 0.6) is 0 Å². The number of hydrogen-bond acceptors (Lipinski definition) is 5. The molecule has 2 aromatic rings. The Morgan fingerprint density at radius 2 is 2.08 bits per heavy atom. The van der Waals surface area contributed by atoms with Crippen molar-refractivity contribution in [1.82, 2.24) is 25.6 Å². The third kappa shape index (κ3) is 5.18. The fourth-order valence-electron chi connectivity index (χ4n) is 1.93. The van der Waals surface area contributed by atoms with E-state index in [9.17, 15) is 18.8 Å². The predicted octanol–water partition coefficient (Wildman–Crippen LogP) is 1.06. The topological polar surface area (TPSA) is 109 Å². The maximum atomic E-state index is 13.5. The summed E-state index contributed by atoms with van der Waals surface area (Å²) >= 11 is 1.06. The highest BCUT2D eigenvalue weighted by Crippen LogP contribution is 2.13. The van der Waals surface area contributed by atoms with Crippen molar-refractivity contribution >= 4 is 23.6 Å². The summed E-state index contributed by atoms with van der Waals surface area (Å²) in [5, 5.41) is 6.61. The Morgan fingerprint density at radius 3 is 2.80 bits per heavy atom. The molecule has 0 radical (unpaired) electrons. The van der Waals surface area contributed by atoms with Crippen molar-refractivity contribution in [3.63, 3.8) is 0 Å². The van der Waals surface area contributed by atoms with E-state index in [2.05, 4.69) is 21.0 Å². The normalized spacial score (nSPS) is 10.5. The zero-order chi connectivity index (χ0) is 18.2. The summed E-state index contributed by atoms with van der Waals surface area (Å²) in [5.74, 6) is -2.00. The minimum absolute atomic E-state index is 0.0615. The minimum Gasteiger partial charge on any atom is -0.272 e. The van der Waals surface area contributed by atoms with Gasteiger partial charge in [-0.2, -0.15) is 0 Å². The van der Waals surface area contributed by atoms with Gasteiger partial charge in [0.25, 0.3) is 5.91 Å². The molecule has 0 aliphatic carbocycles. The number of aromatic amines is 1. The number of unbranched alkanes of at least 4 members (excludes halogenated alkanes) is 1. The highest BCUT2D eigenvalue weighted by molar-refractivity contribution is 7.99. The SMILES string of the molecule is CCCCn1c(SCC(=O)NNC(=O)c2ccccc2F)n[nH]c1=O. The Kier molecular flexibility index (Phi) is 6.75. The van der Waals surface area contributed by atoms with Crippen molar-refractivity contribution in [1.29, 1.82) is 0 Å². The maximum Gasteiger partial charge on any atom is 0.343 e. The summed E-state index contributed by atoms with van der Waals surface area (Å²) in [6.07, 6.45) is 1.74. The van der Waals surface area contributed by atoms with Crippen molar-refractivity contribution in [3.8, 4) is 0 Å². The zero-order valence-electron chi connectivity index (χ0n) is 13.5. The number of nitrogens with zero attached hydrogens (tertiary/aromatic N) is 2. The molecular formula is C15H18FN5O3S. The van der Waals surface area contributed by atoms with E-state index < -0.39 is 17.6 Å². The summed E-state index contributed by atoms with van der Waals surface area (Å²) in [6.45, 7) is 2.52. The number of H-pyrrole nitrogens is 1. The van der Waals surface area contributed by atoms with Crippen LogP contribution < -0.4 is 16.5 Å². The molecule has 0 bridgehead atoms. The van der Waals surface area contributed by atoms with Crippen LogP contribution in [0.1, 0.15) is 30.1 Å². The molecule has 134 valence electrons. The fourth-order valence-corrected chi connectivity index (χ4v) is 2.70. The molecule has 0 aliphatic heterocycles. The monoisotopic (exact) mass is 367 g/mol. The Balaban J connectivity index is 1.84. The Bertz CT molecular complexity index is 804. The van der Waals surface area contributed by atoms with E-state index in [1.807, 2.05) is 6.92 Å². The molecule has 8 nitrogen and oxygen atoms in total. The number of aromatic nitrogens is 3. The largest absolute Gasteiger partial charge is 0.343 e. The Labute approximate surface area is 147 Å². The molecule has 25 heavy (non-hydrogen) atoms. The zero-order valence-corrected chi connectivity index (χ0v) is 14.4. The number of halogens is 1. The first-order valence-electron chi connectivity index (χ1n) is 7.64. The summed E-state index contributed by atoms with van der Waals surface area (Å²) in [4.78, 5) is 35.2. The molecule has 1 aromatic carbocycles. The van der Waals surface area contributed by atoms with Crippen molar-refractivity contribution in [2.75, 3.05) is 5.75 Å². The second-order valence-electron chi connectivity index (χ2n) is 5.09. The van der Waals surface area contributed by atoms with E-state index in [0.29, 0.717) is 11.7 Å². The smallest absolute Gasteiger partial charge is 0.272 e. The van der Waals surface area contributed by atoms with Crippen LogP contribution in [0.25, 0.3) is 0 Å². The van der Waals surface area contributed by atoms with Crippen LogP contribution in [0, 0.1) is 5.82 Å². The van der Waals surface area contributed by atoms with E-state index in [4.69, 9.17) is 0 Å². The number of carbonyl (C=O) groups excluding carboxylic acids is 2. The summed E-state index contributed by atoms with van der Waals surface area (Å²) < 4.78 is 14.9. The first kappa shape index (κ1) is 18.7. The van der Waals surface area contributed by atoms with Crippen molar-refractivity contribution in [2.24, 2.45) is 0 Å². The Morgan fingerprint density at radius 1 is 1.32 bits per heavy atom. The minimum atomic E-state index is -0.754. The number of nitrogens with one attached hydrogen (secondary N) is 3. The second-order valence-corrected chi connectivity index (χ2v) is 6.03. The lowest BCUT2D eigenvalue weighted by molar-refractivity contribution is -0.119. The first-order valence-corrected chi connectivity index (χ1v) is 8.63. The summed E-state index contributed by atoms with van der Waals surface area (Å²) in [7, 11) is 0. The van der Waals surface area contributed by atoms with E-state index in [1.54, 1.807) is 0 Å². The molecule has 0 fully saturated rings. The van der Waals surface area contributed by atoms with Gasteiger partial charge in [0.1, 0.15) is 5.82 Å². The first-order chi connectivity index (χ1) is 12.0. The second kappa shape index (κ2) is 9.02. The van der Waals surface area contributed by atoms with Crippen molar-refractivity contribution in [2.45, 2.75) is 31.5 Å². The predicted molar refractivity (Wildman–Crippen MR) is 90.5 cm³/mol. The van der Waals surface area contributed by atoms with E-state index >= 15 is 0 Å². The fraction of sp³-hybridized carbons (Fsp3) is 0.333. The highest BCUT2D eigenvalue weighted by Gasteiger charge is 2.13. The van der Waals surface area contributed by atoms with Gasteiger partial charge >= 0.3 is 5.69 Å². The van der Waals surface area contributed by atoms with Crippen LogP contribution in [0.3, 0.4) is 0 Å². The van der Waals surface area contributed by atoms with Gasteiger partial charge in [0, 0.05) is 6.54 Å². The van der Waals surface area contributed by atoms with Gasteiger partial charge in [-0.05, 0) is 18.6 Å². The highest BCUT2D eigenvalue weighted by atomic mass is 32.2. The molecule has 2 rings (SSSR count). The van der Waals surface area contributed by atoms with Crippen LogP contribution in [-0.4, -0.2) is 32.3 Å². The third-order valence-electron chi connectivity index (χ3n) is 3.22. The van der Waals surface area contributed by atoms with Gasteiger partial charge in [-0.25, -0.2) is 14.3 Å². The van der Waals surface area contributed by atoms with Crippen LogP contribution in [0.15, 0.2) is 34.2 Å². The molecule has 0 unspecified atom stereocenters. The van der Waals surface area contributed by atoms with Gasteiger partial charge in [-0.3, -0.25) is 25.0 Å². The van der Waals surface area contributed by atoms with Crippen LogP contribution in [0.2, 0.25) is 0 Å². The number of carbonyl (C=O) groups is 2. The third-order valence-corrected chi connectivity index (χ3v) is 4.20. The average Bonchev–Trinajstić information content (AvgIpc) is 2.96. The molecule has 0 saturated heterocycles. The van der Waals surface area contributed by atoms with Crippen LogP contribution in [0.4, 0.5) is 4.39 Å². The van der Waals surface area contributed by atoms with Gasteiger partial charge < -0.3 is 0 Å². The quantitative estimate of drug-likeness (QED) is 0.501. The lowest BCUT2D eigenvalue weighted by Gasteiger charge is -2.08. The molecule has 2 amide bonds. The van der Waals surface area contributed by atoms with E-state index in [-0.39, 0.29) is 17.0 Å². The molecular weight excluding hydrogens is 349 g/mol. The molecule has 0 aliphatic rings. The van der Waals surface area contributed by atoms with Crippen molar-refractivity contribution < 1.29 is 14.0 Å². The molecule has 10 heteroatoms. The number of amides is 2. The van der Waals surface area contributed by atoms with Gasteiger partial charge in [-0.1, -0.05) is 37.2 Å². The maximum absolute atomic E-state index is 13.5. The van der Waals surface area contributed by atoms with Crippen molar-refractivity contribution in [3.05, 3.63) is 46.1 Å². The van der Waals surface area contributed by atoms with Gasteiger partial charge in [-0.15, -0.1) is 5.10 Å². The number of thioether (sulfide) groups is 1. The molecule has 0 spiro atoms. The van der Waals surface area contributed by atoms with Crippen LogP contribution >= 0.6 is 11.8 Å². The average molecular weight is 367 g/mol. The summed E-state index contributed by atoms with van der Waals surface area (Å²) in [5.41, 5.74) is 3.84. The van der Waals surface area contributed by atoms with Crippen LogP contribution in [-0.2, 0) is 11.3 Å². The number of rotatable bonds is 7. The lowest BCUT2D eigenvalue weighted by Crippen LogP contribution is -2.42. The van der Waals surface area contributed by atoms with Gasteiger partial charge in [0.15, 0.2) is 5.16 Å². The summed E-state index contributed by atoms with van der Waals surface area (Å²) in [6, 6.07) is 5.44. The molecule has 1 aromatic heterocycles. The number of benzene rings is 1. The molecule has 3 N–H and O–H groups in total. The van der Waals surface area contributed by atoms with Gasteiger partial charge in [0.2, 0.25) is 5.91 Å².